The summed E-state index contributed by atoms with van der Waals surface area (Å²) in [6.07, 6.45) is 2.85. The second-order valence-corrected chi connectivity index (χ2v) is 12.9. The maximum atomic E-state index is 13.2. The first-order chi connectivity index (χ1) is 21.5. The zero-order valence-corrected chi connectivity index (χ0v) is 24.7. The predicted molar refractivity (Wildman–Crippen MR) is 163 cm³/mol. The molecule has 3 aliphatic carbocycles. The third kappa shape index (κ3) is 3.75. The number of thiazole rings is 2. The Hall–Kier alpha value is -6.18. The summed E-state index contributed by atoms with van der Waals surface area (Å²) in [6.45, 7) is 18.4. The van der Waals surface area contributed by atoms with Gasteiger partial charge in [0.15, 0.2) is 34.5 Å². The maximum Gasteiger partial charge on any atom is 0.197 e. The van der Waals surface area contributed by atoms with E-state index < -0.39 is 28.5 Å². The average Bonchev–Trinajstić information content (AvgIpc) is 3.80. The van der Waals surface area contributed by atoms with Crippen molar-refractivity contribution in [2.24, 2.45) is 0 Å². The molecule has 45 heavy (non-hydrogen) atoms. The minimum Gasteiger partial charge on any atom is -0.288 e. The van der Waals surface area contributed by atoms with E-state index in [0.29, 0.717) is 21.4 Å². The van der Waals surface area contributed by atoms with Crippen LogP contribution in [0.1, 0.15) is 87.8 Å². The molecule has 2 aromatic heterocycles. The molecule has 2 aromatic carbocycles. The number of nitrogens with zero attached hydrogens (tertiary/aromatic N) is 6. The largest absolute Gasteiger partial charge is 0.288 e. The summed E-state index contributed by atoms with van der Waals surface area (Å²) in [4.78, 5) is 70.3. The Morgan fingerprint density at radius 3 is 1.38 bits per heavy atom. The molecule has 0 fully saturated rings. The zero-order valence-electron chi connectivity index (χ0n) is 23.1. The van der Waals surface area contributed by atoms with Crippen LogP contribution in [0.25, 0.3) is 31.6 Å². The molecule has 7 rings (SSSR count). The van der Waals surface area contributed by atoms with Crippen LogP contribution in [0.5, 0.6) is 0 Å². The van der Waals surface area contributed by atoms with E-state index in [1.165, 1.54) is 59.1 Å². The van der Waals surface area contributed by atoms with Crippen LogP contribution in [0.3, 0.4) is 0 Å². The van der Waals surface area contributed by atoms with Gasteiger partial charge in [-0.3, -0.25) is 28.9 Å². The normalized spacial score (nSPS) is 15.1. The molecule has 0 amide bonds. The lowest BCUT2D eigenvalue weighted by Crippen LogP contribution is -2.17. The van der Waals surface area contributed by atoms with E-state index >= 15 is 0 Å². The minimum atomic E-state index is -0.664. The Bertz CT molecular complexity index is 2150. The SMILES string of the molecule is [C-]#[N+]c1cc2c(cc1[N+]#[C-])C(=O)C(=Cc1nc3c(s1)-c1sc(C=C4C(=O)c5cc(C#N)c(C#N)cc5C4=O)nc1C3(C)C)C2=O. The standard InChI is InChI=1S/C33H12N6O4S2/c1-33(2)31-29(44-23(38-31)9-19-25(40)15-5-13(11-34)14(12-35)6-16(15)26(19)41)30-32(33)39-24(45-30)10-20-27(42)17-7-21(36-3)22(37-4)8-18(17)28(20)43/h5-10H,1-2H3. The van der Waals surface area contributed by atoms with Gasteiger partial charge in [-0.15, -0.1) is 22.7 Å². The summed E-state index contributed by atoms with van der Waals surface area (Å²) in [5, 5.41) is 19.5. The van der Waals surface area contributed by atoms with Crippen LogP contribution in [0.2, 0.25) is 0 Å². The monoisotopic (exact) mass is 620 g/mol. The van der Waals surface area contributed by atoms with E-state index in [-0.39, 0.29) is 55.9 Å². The second kappa shape index (κ2) is 9.41. The Kier molecular flexibility index (Phi) is 5.78. The second-order valence-electron chi connectivity index (χ2n) is 10.8. The van der Waals surface area contributed by atoms with Crippen molar-refractivity contribution in [2.75, 3.05) is 0 Å². The van der Waals surface area contributed by atoms with Crippen molar-refractivity contribution in [3.05, 3.63) is 113 Å². The molecule has 210 valence electrons. The first-order valence-electron chi connectivity index (χ1n) is 13.1. The van der Waals surface area contributed by atoms with Crippen molar-refractivity contribution in [3.63, 3.8) is 0 Å². The number of carbonyl (C=O) groups excluding carboxylic acids is 4. The first kappa shape index (κ1) is 27.6. The van der Waals surface area contributed by atoms with Gasteiger partial charge in [0.2, 0.25) is 0 Å². The molecule has 0 saturated carbocycles. The Morgan fingerprint density at radius 2 is 1.04 bits per heavy atom. The molecule has 0 saturated heterocycles. The number of allylic oxidation sites excluding steroid dienone is 2. The lowest BCUT2D eigenvalue weighted by atomic mass is 9.90. The molecule has 0 atom stereocenters. The molecule has 0 aliphatic heterocycles. The summed E-state index contributed by atoms with van der Waals surface area (Å²) in [7, 11) is 0. The number of carbonyl (C=O) groups is 4. The van der Waals surface area contributed by atoms with Gasteiger partial charge in [0.05, 0.1) is 62.0 Å². The third-order valence-corrected chi connectivity index (χ3v) is 10.1. The molecule has 10 nitrogen and oxygen atoms in total. The molecule has 4 aromatic rings. The van der Waals surface area contributed by atoms with Gasteiger partial charge in [-0.2, -0.15) is 10.5 Å². The van der Waals surface area contributed by atoms with Crippen molar-refractivity contribution >= 4 is 69.3 Å². The highest BCUT2D eigenvalue weighted by atomic mass is 32.1. The van der Waals surface area contributed by atoms with Gasteiger partial charge >= 0.3 is 0 Å². The number of rotatable bonds is 2. The highest BCUT2D eigenvalue weighted by Crippen LogP contribution is 2.53. The van der Waals surface area contributed by atoms with Gasteiger partial charge in [-0.05, 0) is 38.1 Å². The predicted octanol–water partition coefficient (Wildman–Crippen LogP) is 6.68. The van der Waals surface area contributed by atoms with Crippen LogP contribution in [0.15, 0.2) is 35.4 Å². The van der Waals surface area contributed by atoms with Gasteiger partial charge < -0.3 is 0 Å². The summed E-state index contributed by atoms with van der Waals surface area (Å²) in [5.74, 6) is -2.16. The van der Waals surface area contributed by atoms with Crippen molar-refractivity contribution < 1.29 is 19.2 Å². The van der Waals surface area contributed by atoms with Gasteiger partial charge in [0, 0.05) is 22.3 Å². The average molecular weight is 621 g/mol. The Labute approximate surface area is 262 Å². The highest BCUT2D eigenvalue weighted by Gasteiger charge is 2.43. The van der Waals surface area contributed by atoms with Gasteiger partial charge in [0.1, 0.15) is 22.2 Å². The molecular weight excluding hydrogens is 609 g/mol. The van der Waals surface area contributed by atoms with Crippen LogP contribution >= 0.6 is 22.7 Å². The molecule has 3 aliphatic rings. The quantitative estimate of drug-likeness (QED) is 0.137. The number of hydrogen-bond acceptors (Lipinski definition) is 10. The lowest BCUT2D eigenvalue weighted by Gasteiger charge is -2.16. The third-order valence-electron chi connectivity index (χ3n) is 7.92. The van der Waals surface area contributed by atoms with E-state index in [1.807, 2.05) is 26.0 Å². The van der Waals surface area contributed by atoms with Crippen molar-refractivity contribution in [2.45, 2.75) is 19.3 Å². The number of nitriles is 2. The van der Waals surface area contributed by atoms with Crippen molar-refractivity contribution in [3.8, 4) is 21.9 Å². The van der Waals surface area contributed by atoms with Crippen LogP contribution in [0.4, 0.5) is 11.4 Å². The number of ketones is 4. The Morgan fingerprint density at radius 1 is 0.689 bits per heavy atom. The lowest BCUT2D eigenvalue weighted by molar-refractivity contribution is 0.0975. The summed E-state index contributed by atoms with van der Waals surface area (Å²) in [6, 6.07) is 8.86. The molecule has 2 heterocycles. The fraction of sp³-hybridized carbons (Fsp3) is 0.0909. The van der Waals surface area contributed by atoms with Gasteiger partial charge in [0.25, 0.3) is 0 Å². The van der Waals surface area contributed by atoms with Crippen LogP contribution in [-0.2, 0) is 5.41 Å². The van der Waals surface area contributed by atoms with E-state index in [4.69, 9.17) is 23.1 Å². The first-order valence-corrected chi connectivity index (χ1v) is 14.7. The fourth-order valence-corrected chi connectivity index (χ4v) is 8.12. The highest BCUT2D eigenvalue weighted by molar-refractivity contribution is 7.23. The van der Waals surface area contributed by atoms with Crippen LogP contribution in [0, 0.1) is 35.8 Å². The molecule has 0 radical (unpaired) electrons. The molecule has 0 N–H and O–H groups in total. The van der Waals surface area contributed by atoms with Crippen LogP contribution < -0.4 is 0 Å². The summed E-state index contributed by atoms with van der Waals surface area (Å²) < 4.78 is 0. The zero-order chi connectivity index (χ0) is 31.9. The molecule has 12 heteroatoms. The smallest absolute Gasteiger partial charge is 0.197 e. The van der Waals surface area contributed by atoms with Crippen molar-refractivity contribution in [1.82, 2.24) is 9.97 Å². The summed E-state index contributed by atoms with van der Waals surface area (Å²) >= 11 is 2.54. The minimum absolute atomic E-state index is 0.00772. The van der Waals surface area contributed by atoms with E-state index in [2.05, 4.69) is 9.69 Å². The maximum absolute atomic E-state index is 13.2. The van der Waals surface area contributed by atoms with E-state index in [0.717, 1.165) is 9.75 Å². The van der Waals surface area contributed by atoms with E-state index in [1.54, 1.807) is 0 Å². The topological polar surface area (TPSA) is 150 Å². The number of benzene rings is 2. The molecule has 0 unspecified atom stereocenters. The number of aromatic nitrogens is 2. The molecular formula is C33H12N6O4S2. The van der Waals surface area contributed by atoms with Crippen LogP contribution in [-0.4, -0.2) is 33.1 Å². The molecule has 0 bridgehead atoms. The van der Waals surface area contributed by atoms with E-state index in [9.17, 15) is 29.7 Å². The number of fused-ring (bicyclic) bond motifs is 5. The Balaban J connectivity index is 1.25. The van der Waals surface area contributed by atoms with Crippen molar-refractivity contribution in [1.29, 1.82) is 10.5 Å². The van der Waals surface area contributed by atoms with Gasteiger partial charge in [-0.25, -0.2) is 9.97 Å². The summed E-state index contributed by atoms with van der Waals surface area (Å²) in [5.41, 5.74) is 0.914. The fourth-order valence-electron chi connectivity index (χ4n) is 5.65. The molecule has 0 spiro atoms. The number of Topliss-reactive ketones (excluding diaryl/α,β-unsaturated/α-hetero) is 4. The van der Waals surface area contributed by atoms with Gasteiger partial charge in [-0.1, -0.05) is 12.1 Å². The number of hydrogen-bond donors (Lipinski definition) is 0.